The van der Waals surface area contributed by atoms with Gasteiger partial charge in [0.25, 0.3) is 0 Å². The van der Waals surface area contributed by atoms with Crippen LogP contribution in [0.5, 0.6) is 0 Å². The van der Waals surface area contributed by atoms with Gasteiger partial charge < -0.3 is 4.55 Å². The average molecular weight is 158 g/mol. The lowest BCUT2D eigenvalue weighted by Gasteiger charge is -2.00. The quantitative estimate of drug-likeness (QED) is 0.412. The third-order valence-corrected chi connectivity index (χ3v) is 2.55. The number of rotatable bonds is 1. The van der Waals surface area contributed by atoms with E-state index in [1.165, 1.54) is 0 Å². The molecule has 0 aromatic carbocycles. The molecule has 48 valence electrons. The second-order valence-electron chi connectivity index (χ2n) is 1.71. The molecule has 0 amide bonds. The first kappa shape index (κ1) is 6.45. The van der Waals surface area contributed by atoms with E-state index in [1.807, 2.05) is 0 Å². The van der Waals surface area contributed by atoms with Gasteiger partial charge in [-0.3, -0.25) is 4.21 Å². The van der Waals surface area contributed by atoms with E-state index in [-0.39, 0.29) is 6.42 Å². The molecule has 0 N–H and O–H groups in total. The van der Waals surface area contributed by atoms with Crippen LogP contribution in [0.2, 0.25) is 0 Å². The molecule has 0 aromatic heterocycles. The molecule has 1 rings (SSSR count). The molecule has 3 unspecified atom stereocenters. The van der Waals surface area contributed by atoms with E-state index in [4.69, 9.17) is 11.6 Å². The molecule has 5 heteroatoms. The third kappa shape index (κ3) is 1.01. The molecule has 0 spiro atoms. The topological polar surface area (TPSA) is 40.1 Å². The van der Waals surface area contributed by atoms with Crippen molar-refractivity contribution in [3.63, 3.8) is 0 Å². The molecule has 0 radical (unpaired) electrons. The van der Waals surface area contributed by atoms with Crippen molar-refractivity contribution in [2.75, 3.05) is 0 Å². The SMILES string of the molecule is O=S([O-])C1CC1(F)Cl. The van der Waals surface area contributed by atoms with E-state index in [2.05, 4.69) is 0 Å². The Morgan fingerprint density at radius 3 is 2.38 bits per heavy atom. The smallest absolute Gasteiger partial charge is 0.198 e. The van der Waals surface area contributed by atoms with Crippen LogP contribution in [-0.4, -0.2) is 19.1 Å². The Hall–Kier alpha value is 0.330. The molecule has 1 fully saturated rings. The van der Waals surface area contributed by atoms with Gasteiger partial charge in [0.1, 0.15) is 0 Å². The molecule has 1 saturated carbocycles. The van der Waals surface area contributed by atoms with Crippen molar-refractivity contribution < 1.29 is 13.2 Å². The Morgan fingerprint density at radius 2 is 2.38 bits per heavy atom. The molecule has 1 aliphatic rings. The zero-order valence-electron chi connectivity index (χ0n) is 3.77. The normalized spacial score (nSPS) is 48.6. The van der Waals surface area contributed by atoms with Crippen molar-refractivity contribution in [2.45, 2.75) is 16.8 Å². The maximum Gasteiger partial charge on any atom is 0.198 e. The minimum absolute atomic E-state index is 0.0648. The lowest BCUT2D eigenvalue weighted by atomic mass is 10.9. The van der Waals surface area contributed by atoms with Gasteiger partial charge in [0.2, 0.25) is 0 Å². The summed E-state index contributed by atoms with van der Waals surface area (Å²) in [4.78, 5) is 0. The summed E-state index contributed by atoms with van der Waals surface area (Å²) < 4.78 is 31.8. The molecule has 3 atom stereocenters. The largest absolute Gasteiger partial charge is 0.772 e. The Balaban J connectivity index is 2.48. The predicted molar refractivity (Wildman–Crippen MR) is 27.0 cm³/mol. The highest BCUT2D eigenvalue weighted by Crippen LogP contribution is 2.47. The molecular formula is C3H3ClFO2S-. The molecule has 1 aliphatic carbocycles. The molecule has 2 nitrogen and oxygen atoms in total. The lowest BCUT2D eigenvalue weighted by molar-refractivity contribution is 0.424. The van der Waals surface area contributed by atoms with Crippen LogP contribution in [0.25, 0.3) is 0 Å². The summed E-state index contributed by atoms with van der Waals surface area (Å²) in [6, 6.07) is 0. The standard InChI is InChI=1S/C3H4ClFO2S/c4-3(5)1-2(3)8(6)7/h2H,1H2,(H,6,7)/p-1. The van der Waals surface area contributed by atoms with Crippen molar-refractivity contribution >= 4 is 22.7 Å². The molecule has 0 saturated heterocycles. The Labute approximate surface area is 53.3 Å². The number of alkyl halides is 2. The maximum absolute atomic E-state index is 12.1. The fourth-order valence-electron chi connectivity index (χ4n) is 0.397. The Kier molecular flexibility index (Phi) is 1.33. The number of halogens is 2. The van der Waals surface area contributed by atoms with Gasteiger partial charge in [-0.25, -0.2) is 4.39 Å². The van der Waals surface area contributed by atoms with Gasteiger partial charge in [-0.05, 0) is 11.1 Å². The van der Waals surface area contributed by atoms with Crippen LogP contribution in [0.1, 0.15) is 6.42 Å². The molecule has 0 aliphatic heterocycles. The summed E-state index contributed by atoms with van der Waals surface area (Å²) in [7, 11) is 0. The molecule has 0 heterocycles. The van der Waals surface area contributed by atoms with E-state index in [1.54, 1.807) is 0 Å². The van der Waals surface area contributed by atoms with Crippen molar-refractivity contribution in [2.24, 2.45) is 0 Å². The highest BCUT2D eigenvalue weighted by Gasteiger charge is 2.55. The van der Waals surface area contributed by atoms with Gasteiger partial charge in [-0.2, -0.15) is 0 Å². The van der Waals surface area contributed by atoms with Crippen LogP contribution in [0.4, 0.5) is 4.39 Å². The van der Waals surface area contributed by atoms with E-state index in [0.29, 0.717) is 0 Å². The maximum atomic E-state index is 12.1. The summed E-state index contributed by atoms with van der Waals surface area (Å²) in [5.74, 6) is 0. The average Bonchev–Trinajstić information content (AvgIpc) is 2.13. The Morgan fingerprint density at radius 1 is 2.00 bits per heavy atom. The highest BCUT2D eigenvalue weighted by atomic mass is 35.5. The summed E-state index contributed by atoms with van der Waals surface area (Å²) in [6.07, 6.45) is -0.0648. The highest BCUT2D eigenvalue weighted by molar-refractivity contribution is 7.80. The monoisotopic (exact) mass is 157 g/mol. The summed E-state index contributed by atoms with van der Waals surface area (Å²) in [6.45, 7) is 0. The van der Waals surface area contributed by atoms with Crippen molar-refractivity contribution in [1.82, 2.24) is 0 Å². The second kappa shape index (κ2) is 1.65. The first-order chi connectivity index (χ1) is 3.54. The second-order valence-corrected chi connectivity index (χ2v) is 3.43. The van der Waals surface area contributed by atoms with Gasteiger partial charge in [0.05, 0.1) is 5.25 Å². The van der Waals surface area contributed by atoms with Crippen LogP contribution < -0.4 is 0 Å². The predicted octanol–water partition coefficient (Wildman–Crippen LogP) is 0.542. The lowest BCUT2D eigenvalue weighted by Crippen LogP contribution is -2.03. The van der Waals surface area contributed by atoms with Gasteiger partial charge in [-0.15, -0.1) is 0 Å². The van der Waals surface area contributed by atoms with Crippen LogP contribution in [0, 0.1) is 0 Å². The fraction of sp³-hybridized carbons (Fsp3) is 1.00. The van der Waals surface area contributed by atoms with E-state index < -0.39 is 21.5 Å². The number of hydrogen-bond acceptors (Lipinski definition) is 2. The summed E-state index contributed by atoms with van der Waals surface area (Å²) >= 11 is 2.61. The fourth-order valence-corrected chi connectivity index (χ4v) is 1.52. The van der Waals surface area contributed by atoms with Crippen molar-refractivity contribution in [1.29, 1.82) is 0 Å². The van der Waals surface area contributed by atoms with Gasteiger partial charge in [0.15, 0.2) is 5.13 Å². The minimum atomic E-state index is -2.33. The van der Waals surface area contributed by atoms with Crippen LogP contribution in [-0.2, 0) is 11.1 Å². The first-order valence-electron chi connectivity index (χ1n) is 2.00. The zero-order valence-corrected chi connectivity index (χ0v) is 5.34. The zero-order chi connectivity index (χ0) is 6.36. The van der Waals surface area contributed by atoms with Crippen molar-refractivity contribution in [3.05, 3.63) is 0 Å². The first-order valence-corrected chi connectivity index (χ1v) is 3.51. The molecular weight excluding hydrogens is 155 g/mol. The third-order valence-electron chi connectivity index (χ3n) is 1.00. The van der Waals surface area contributed by atoms with Crippen LogP contribution >= 0.6 is 11.6 Å². The number of hydrogen-bond donors (Lipinski definition) is 0. The summed E-state index contributed by atoms with van der Waals surface area (Å²) in [5, 5.41) is -2.92. The van der Waals surface area contributed by atoms with E-state index in [9.17, 15) is 13.2 Å². The van der Waals surface area contributed by atoms with Crippen LogP contribution in [0.3, 0.4) is 0 Å². The van der Waals surface area contributed by atoms with E-state index in [0.717, 1.165) is 0 Å². The van der Waals surface area contributed by atoms with Gasteiger partial charge in [-0.1, -0.05) is 11.6 Å². The Bertz CT molecular complexity index is 137. The molecule has 8 heavy (non-hydrogen) atoms. The van der Waals surface area contributed by atoms with Gasteiger partial charge >= 0.3 is 0 Å². The molecule has 0 aromatic rings. The van der Waals surface area contributed by atoms with Crippen LogP contribution in [0.15, 0.2) is 0 Å². The minimum Gasteiger partial charge on any atom is -0.772 e. The van der Waals surface area contributed by atoms with Crippen molar-refractivity contribution in [3.8, 4) is 0 Å². The summed E-state index contributed by atoms with van der Waals surface area (Å²) in [5.41, 5.74) is 0. The van der Waals surface area contributed by atoms with Gasteiger partial charge in [0, 0.05) is 6.42 Å². The van der Waals surface area contributed by atoms with E-state index >= 15 is 0 Å². The molecule has 0 bridgehead atoms.